The minimum Gasteiger partial charge on any atom is -0.449 e. The van der Waals surface area contributed by atoms with Crippen molar-refractivity contribution in [3.8, 4) is 0 Å². The zero-order valence-corrected chi connectivity index (χ0v) is 16.6. The molecule has 8 nitrogen and oxygen atoms in total. The van der Waals surface area contributed by atoms with Crippen LogP contribution in [0.1, 0.15) is 17.3 Å². The van der Waals surface area contributed by atoms with E-state index in [-0.39, 0.29) is 0 Å². The smallest absolute Gasteiger partial charge is 0.338 e. The second kappa shape index (κ2) is 8.87. The number of rotatable bonds is 5. The van der Waals surface area contributed by atoms with Crippen LogP contribution in [0.2, 0.25) is 0 Å². The van der Waals surface area contributed by atoms with Gasteiger partial charge in [-0.2, -0.15) is 0 Å². The number of hydrogen-bond donors (Lipinski definition) is 1. The Hall–Kier alpha value is -3.52. The molecule has 1 N–H and O–H groups in total. The summed E-state index contributed by atoms with van der Waals surface area (Å²) < 4.78 is 10.7. The molecule has 4 rings (SSSR count). The molecule has 2 heterocycles. The zero-order chi connectivity index (χ0) is 20.9. The molecule has 0 spiro atoms. The SMILES string of the molecule is C[C@@H](OC(=O)c1ccc2nccnc2c1)C(=O)Nc1ccc(N2CCOCC2)cc1. The summed E-state index contributed by atoms with van der Waals surface area (Å²) in [6, 6.07) is 12.5. The number of morpholine rings is 1. The van der Waals surface area contributed by atoms with Crippen LogP contribution >= 0.6 is 0 Å². The molecule has 1 atom stereocenters. The molecule has 0 saturated carbocycles. The Balaban J connectivity index is 1.35. The minimum atomic E-state index is -0.950. The van der Waals surface area contributed by atoms with E-state index >= 15 is 0 Å². The van der Waals surface area contributed by atoms with Crippen molar-refractivity contribution >= 4 is 34.3 Å². The fourth-order valence-corrected chi connectivity index (χ4v) is 3.19. The maximum absolute atomic E-state index is 12.4. The molecule has 30 heavy (non-hydrogen) atoms. The van der Waals surface area contributed by atoms with Crippen molar-refractivity contribution in [1.82, 2.24) is 9.97 Å². The molecule has 1 aliphatic rings. The maximum Gasteiger partial charge on any atom is 0.338 e. The van der Waals surface area contributed by atoms with E-state index < -0.39 is 18.0 Å². The average molecular weight is 406 g/mol. The first-order chi connectivity index (χ1) is 14.6. The van der Waals surface area contributed by atoms with Crippen molar-refractivity contribution in [2.75, 3.05) is 36.5 Å². The summed E-state index contributed by atoms with van der Waals surface area (Å²) in [5.41, 5.74) is 3.30. The molecule has 1 fully saturated rings. The highest BCUT2D eigenvalue weighted by Gasteiger charge is 2.20. The summed E-state index contributed by atoms with van der Waals surface area (Å²) in [6.45, 7) is 4.66. The normalized spacial score (nSPS) is 14.9. The van der Waals surface area contributed by atoms with Crippen LogP contribution in [0.3, 0.4) is 0 Å². The van der Waals surface area contributed by atoms with Crippen LogP contribution in [0.15, 0.2) is 54.9 Å². The molecular formula is C22H22N4O4. The third kappa shape index (κ3) is 4.55. The number of nitrogens with zero attached hydrogens (tertiary/aromatic N) is 3. The highest BCUT2D eigenvalue weighted by molar-refractivity contribution is 5.98. The highest BCUT2D eigenvalue weighted by atomic mass is 16.5. The van der Waals surface area contributed by atoms with Gasteiger partial charge in [-0.1, -0.05) is 0 Å². The quantitative estimate of drug-likeness (QED) is 0.651. The Morgan fingerprint density at radius 1 is 1.03 bits per heavy atom. The summed E-state index contributed by atoms with van der Waals surface area (Å²) >= 11 is 0. The first-order valence-electron chi connectivity index (χ1n) is 9.75. The molecule has 0 unspecified atom stereocenters. The van der Waals surface area contributed by atoms with E-state index in [9.17, 15) is 9.59 Å². The van der Waals surface area contributed by atoms with E-state index in [2.05, 4.69) is 20.2 Å². The predicted octanol–water partition coefficient (Wildman–Crippen LogP) is 2.65. The van der Waals surface area contributed by atoms with Crippen molar-refractivity contribution in [1.29, 1.82) is 0 Å². The van der Waals surface area contributed by atoms with Crippen molar-refractivity contribution in [3.63, 3.8) is 0 Å². The largest absolute Gasteiger partial charge is 0.449 e. The van der Waals surface area contributed by atoms with E-state index in [4.69, 9.17) is 9.47 Å². The van der Waals surface area contributed by atoms with Gasteiger partial charge in [0.25, 0.3) is 5.91 Å². The zero-order valence-electron chi connectivity index (χ0n) is 16.6. The minimum absolute atomic E-state index is 0.317. The Bertz CT molecular complexity index is 1050. The summed E-state index contributed by atoms with van der Waals surface area (Å²) in [4.78, 5) is 35.4. The summed E-state index contributed by atoms with van der Waals surface area (Å²) in [5.74, 6) is -0.990. The van der Waals surface area contributed by atoms with Gasteiger partial charge in [0, 0.05) is 36.9 Å². The average Bonchev–Trinajstić information content (AvgIpc) is 2.79. The number of anilines is 2. The lowest BCUT2D eigenvalue weighted by Gasteiger charge is -2.28. The predicted molar refractivity (Wildman–Crippen MR) is 113 cm³/mol. The maximum atomic E-state index is 12.4. The van der Waals surface area contributed by atoms with Crippen molar-refractivity contribution < 1.29 is 19.1 Å². The van der Waals surface area contributed by atoms with Gasteiger partial charge >= 0.3 is 5.97 Å². The fourth-order valence-electron chi connectivity index (χ4n) is 3.19. The van der Waals surface area contributed by atoms with Crippen LogP contribution in [0.25, 0.3) is 11.0 Å². The number of carbonyl (C=O) groups is 2. The van der Waals surface area contributed by atoms with Gasteiger partial charge in [0.05, 0.1) is 29.8 Å². The Morgan fingerprint density at radius 2 is 1.73 bits per heavy atom. The summed E-state index contributed by atoms with van der Waals surface area (Å²) in [7, 11) is 0. The Labute approximate surface area is 173 Å². The number of carbonyl (C=O) groups excluding carboxylic acids is 2. The first-order valence-corrected chi connectivity index (χ1v) is 9.75. The number of hydrogen-bond acceptors (Lipinski definition) is 7. The van der Waals surface area contributed by atoms with Crippen LogP contribution in [0.5, 0.6) is 0 Å². The molecule has 1 aromatic heterocycles. The summed E-state index contributed by atoms with van der Waals surface area (Å²) in [6.07, 6.45) is 2.19. The first kappa shape index (κ1) is 19.8. The standard InChI is InChI=1S/C22H22N4O4/c1-15(30-22(28)16-2-7-19-20(14-16)24-9-8-23-19)21(27)25-17-3-5-18(6-4-17)26-10-12-29-13-11-26/h2-9,14-15H,10-13H2,1H3,(H,25,27)/t15-/m1/s1. The van der Waals surface area contributed by atoms with Gasteiger partial charge in [-0.3, -0.25) is 14.8 Å². The van der Waals surface area contributed by atoms with E-state index in [0.29, 0.717) is 35.5 Å². The second-order valence-corrected chi connectivity index (χ2v) is 6.94. The van der Waals surface area contributed by atoms with E-state index in [0.717, 1.165) is 18.8 Å². The van der Waals surface area contributed by atoms with Gasteiger partial charge in [-0.15, -0.1) is 0 Å². The van der Waals surface area contributed by atoms with Crippen LogP contribution in [0, 0.1) is 0 Å². The number of ether oxygens (including phenoxy) is 2. The van der Waals surface area contributed by atoms with Crippen molar-refractivity contribution in [2.45, 2.75) is 13.0 Å². The van der Waals surface area contributed by atoms with Crippen LogP contribution in [0.4, 0.5) is 11.4 Å². The van der Waals surface area contributed by atoms with Crippen LogP contribution < -0.4 is 10.2 Å². The molecule has 0 aliphatic carbocycles. The van der Waals surface area contributed by atoms with Gasteiger partial charge in [0.1, 0.15) is 0 Å². The van der Waals surface area contributed by atoms with Crippen LogP contribution in [-0.4, -0.2) is 54.3 Å². The van der Waals surface area contributed by atoms with E-state index in [1.165, 1.54) is 6.92 Å². The lowest BCUT2D eigenvalue weighted by molar-refractivity contribution is -0.123. The third-order valence-electron chi connectivity index (χ3n) is 4.87. The Kier molecular flexibility index (Phi) is 5.85. The van der Waals surface area contributed by atoms with Gasteiger partial charge in [-0.25, -0.2) is 4.79 Å². The third-order valence-corrected chi connectivity index (χ3v) is 4.87. The number of nitrogens with one attached hydrogen (secondary N) is 1. The molecule has 154 valence electrons. The van der Waals surface area contributed by atoms with E-state index in [1.807, 2.05) is 24.3 Å². The number of benzene rings is 2. The van der Waals surface area contributed by atoms with Gasteiger partial charge in [-0.05, 0) is 49.4 Å². The molecule has 1 aliphatic heterocycles. The van der Waals surface area contributed by atoms with Crippen LogP contribution in [-0.2, 0) is 14.3 Å². The fraction of sp³-hybridized carbons (Fsp3) is 0.273. The van der Waals surface area contributed by atoms with Gasteiger partial charge in [0.2, 0.25) is 0 Å². The number of fused-ring (bicyclic) bond motifs is 1. The molecule has 2 aromatic carbocycles. The summed E-state index contributed by atoms with van der Waals surface area (Å²) in [5, 5.41) is 2.78. The number of aromatic nitrogens is 2. The Morgan fingerprint density at radius 3 is 2.47 bits per heavy atom. The molecule has 0 bridgehead atoms. The van der Waals surface area contributed by atoms with Crippen molar-refractivity contribution in [2.24, 2.45) is 0 Å². The molecular weight excluding hydrogens is 384 g/mol. The molecule has 1 saturated heterocycles. The number of esters is 1. The van der Waals surface area contributed by atoms with Gasteiger partial charge in [0.15, 0.2) is 6.10 Å². The highest BCUT2D eigenvalue weighted by Crippen LogP contribution is 2.19. The molecule has 3 aromatic rings. The lowest BCUT2D eigenvalue weighted by Crippen LogP contribution is -2.36. The topological polar surface area (TPSA) is 93.7 Å². The monoisotopic (exact) mass is 406 g/mol. The second-order valence-electron chi connectivity index (χ2n) is 6.94. The number of amides is 1. The van der Waals surface area contributed by atoms with Crippen molar-refractivity contribution in [3.05, 3.63) is 60.4 Å². The molecule has 0 radical (unpaired) electrons. The van der Waals surface area contributed by atoms with Gasteiger partial charge < -0.3 is 19.7 Å². The molecule has 1 amide bonds. The lowest BCUT2D eigenvalue weighted by atomic mass is 10.2. The molecule has 8 heteroatoms. The van der Waals surface area contributed by atoms with E-state index in [1.54, 1.807) is 30.6 Å².